The molecule has 0 aromatic heterocycles. The zero-order valence-corrected chi connectivity index (χ0v) is 9.56. The second-order valence-corrected chi connectivity index (χ2v) is 5.79. The molecule has 0 N–H and O–H groups in total. The molecule has 2 saturated heterocycles. The van der Waals surface area contributed by atoms with Gasteiger partial charge in [-0.3, -0.25) is 4.18 Å². The molecule has 3 rings (SSSR count). The molecule has 5 heteroatoms. The molecule has 0 aliphatic carbocycles. The number of fused-ring (bicyclic) bond motifs is 1. The molecule has 4 nitrogen and oxygen atoms in total. The fourth-order valence-corrected chi connectivity index (χ4v) is 3.93. The van der Waals surface area contributed by atoms with Gasteiger partial charge in [0.2, 0.25) is 0 Å². The van der Waals surface area contributed by atoms with Crippen LogP contribution < -0.4 is 0 Å². The van der Waals surface area contributed by atoms with Gasteiger partial charge in [0.1, 0.15) is 0 Å². The molecule has 1 aromatic carbocycles. The van der Waals surface area contributed by atoms with Crippen LogP contribution in [0.5, 0.6) is 0 Å². The van der Waals surface area contributed by atoms with Crippen LogP contribution in [-0.2, 0) is 14.5 Å². The minimum Gasteiger partial charge on any atom is -0.256 e. The zero-order chi connectivity index (χ0) is 11.2. The second kappa shape index (κ2) is 3.55. The summed E-state index contributed by atoms with van der Waals surface area (Å²) in [5.74, 6) is 0.276. The van der Waals surface area contributed by atoms with Crippen molar-refractivity contribution in [3.05, 3.63) is 35.9 Å². The highest BCUT2D eigenvalue weighted by Gasteiger charge is 2.47. The largest absolute Gasteiger partial charge is 0.338 e. The van der Waals surface area contributed by atoms with Gasteiger partial charge in [-0.1, -0.05) is 30.3 Å². The first kappa shape index (κ1) is 10.3. The Hall–Kier alpha value is -0.910. The molecule has 0 bridgehead atoms. The molecule has 2 atom stereocenters. The van der Waals surface area contributed by atoms with E-state index in [2.05, 4.69) is 12.1 Å². The number of hydrogen-bond donors (Lipinski definition) is 0. The van der Waals surface area contributed by atoms with Gasteiger partial charge in [-0.25, -0.2) is 0 Å². The molecule has 0 saturated carbocycles. The molecular formula is C11H13NO3S. The fraction of sp³-hybridized carbons (Fsp3) is 0.455. The van der Waals surface area contributed by atoms with Crippen molar-refractivity contribution in [3.63, 3.8) is 0 Å². The Morgan fingerprint density at radius 2 is 2.00 bits per heavy atom. The number of benzene rings is 1. The number of nitrogens with zero attached hydrogens (tertiary/aromatic N) is 1. The highest BCUT2D eigenvalue weighted by atomic mass is 32.2. The van der Waals surface area contributed by atoms with E-state index in [0.717, 1.165) is 6.42 Å². The van der Waals surface area contributed by atoms with Crippen LogP contribution in [0.1, 0.15) is 17.9 Å². The summed E-state index contributed by atoms with van der Waals surface area (Å²) in [6, 6.07) is 10.0. The average molecular weight is 239 g/mol. The zero-order valence-electron chi connectivity index (χ0n) is 8.74. The highest BCUT2D eigenvalue weighted by molar-refractivity contribution is 7.84. The van der Waals surface area contributed by atoms with Crippen molar-refractivity contribution >= 4 is 10.3 Å². The Labute approximate surface area is 95.1 Å². The maximum atomic E-state index is 11.5. The van der Waals surface area contributed by atoms with E-state index in [1.165, 1.54) is 9.87 Å². The molecule has 86 valence electrons. The Morgan fingerprint density at radius 1 is 1.25 bits per heavy atom. The van der Waals surface area contributed by atoms with Gasteiger partial charge in [-0.2, -0.15) is 12.7 Å². The maximum Gasteiger partial charge on any atom is 0.338 e. The molecule has 2 aliphatic rings. The van der Waals surface area contributed by atoms with E-state index in [1.54, 1.807) is 0 Å². The molecule has 2 fully saturated rings. The Morgan fingerprint density at radius 3 is 2.75 bits per heavy atom. The van der Waals surface area contributed by atoms with Crippen molar-refractivity contribution in [2.24, 2.45) is 0 Å². The summed E-state index contributed by atoms with van der Waals surface area (Å²) < 4.78 is 29.4. The van der Waals surface area contributed by atoms with Crippen LogP contribution in [0.15, 0.2) is 30.3 Å². The van der Waals surface area contributed by atoms with Gasteiger partial charge >= 0.3 is 10.3 Å². The van der Waals surface area contributed by atoms with Gasteiger partial charge in [0.15, 0.2) is 0 Å². The van der Waals surface area contributed by atoms with Gasteiger partial charge in [-0.05, 0) is 12.0 Å². The molecule has 2 aliphatic heterocycles. The predicted molar refractivity (Wildman–Crippen MR) is 59.2 cm³/mol. The van der Waals surface area contributed by atoms with Crippen LogP contribution in [-0.4, -0.2) is 31.9 Å². The molecule has 0 radical (unpaired) electrons. The average Bonchev–Trinajstić information content (AvgIpc) is 2.82. The maximum absolute atomic E-state index is 11.5. The van der Waals surface area contributed by atoms with Gasteiger partial charge in [0, 0.05) is 12.5 Å². The standard InChI is InChI=1S/C11H13NO3S/c13-16(14)12-7-6-10(11(12)8-15-16)9-4-2-1-3-5-9/h1-5,10-11H,6-8H2. The summed E-state index contributed by atoms with van der Waals surface area (Å²) in [7, 11) is -3.43. The minimum absolute atomic E-state index is 0.00704. The SMILES string of the molecule is O=S1(=O)OCC2C(c3ccccc3)CCN21. The van der Waals surface area contributed by atoms with Crippen LogP contribution in [0, 0.1) is 0 Å². The van der Waals surface area contributed by atoms with Crippen LogP contribution >= 0.6 is 0 Å². The van der Waals surface area contributed by atoms with Crippen LogP contribution in [0.3, 0.4) is 0 Å². The van der Waals surface area contributed by atoms with E-state index in [-0.39, 0.29) is 12.0 Å². The lowest BCUT2D eigenvalue weighted by Crippen LogP contribution is -2.30. The third-order valence-electron chi connectivity index (χ3n) is 3.40. The van der Waals surface area contributed by atoms with Gasteiger partial charge in [0.25, 0.3) is 0 Å². The van der Waals surface area contributed by atoms with E-state index in [1.807, 2.05) is 18.2 Å². The lowest BCUT2D eigenvalue weighted by Gasteiger charge is -2.16. The Kier molecular flexibility index (Phi) is 2.27. The molecule has 2 heterocycles. The lowest BCUT2D eigenvalue weighted by molar-refractivity contribution is 0.317. The van der Waals surface area contributed by atoms with Crippen molar-refractivity contribution in [2.75, 3.05) is 13.2 Å². The number of rotatable bonds is 1. The summed E-state index contributed by atoms with van der Waals surface area (Å²) in [5, 5.41) is 0. The van der Waals surface area contributed by atoms with Crippen molar-refractivity contribution in [1.29, 1.82) is 0 Å². The quantitative estimate of drug-likeness (QED) is 0.737. The Bertz CT molecular complexity index is 485. The van der Waals surface area contributed by atoms with E-state index in [9.17, 15) is 8.42 Å². The smallest absolute Gasteiger partial charge is 0.256 e. The van der Waals surface area contributed by atoms with Crippen molar-refractivity contribution < 1.29 is 12.6 Å². The minimum atomic E-state index is -3.43. The second-order valence-electron chi connectivity index (χ2n) is 4.23. The third kappa shape index (κ3) is 1.47. The summed E-state index contributed by atoms with van der Waals surface area (Å²) in [5.41, 5.74) is 1.20. The van der Waals surface area contributed by atoms with Crippen LogP contribution in [0.25, 0.3) is 0 Å². The molecule has 2 unspecified atom stereocenters. The topological polar surface area (TPSA) is 46.6 Å². The van der Waals surface area contributed by atoms with E-state index < -0.39 is 10.3 Å². The van der Waals surface area contributed by atoms with Crippen molar-refractivity contribution in [2.45, 2.75) is 18.4 Å². The van der Waals surface area contributed by atoms with E-state index >= 15 is 0 Å². The van der Waals surface area contributed by atoms with E-state index in [0.29, 0.717) is 13.2 Å². The molecule has 0 spiro atoms. The Balaban J connectivity index is 1.92. The van der Waals surface area contributed by atoms with Crippen LogP contribution in [0.4, 0.5) is 0 Å². The summed E-state index contributed by atoms with van der Waals surface area (Å²) in [4.78, 5) is 0. The first-order valence-corrected chi connectivity index (χ1v) is 6.76. The predicted octanol–water partition coefficient (Wildman–Crippen LogP) is 1.12. The summed E-state index contributed by atoms with van der Waals surface area (Å²) in [6.07, 6.45) is 0.886. The van der Waals surface area contributed by atoms with E-state index in [4.69, 9.17) is 4.18 Å². The fourth-order valence-electron chi connectivity index (χ4n) is 2.61. The molecular weight excluding hydrogens is 226 g/mol. The highest BCUT2D eigenvalue weighted by Crippen LogP contribution is 2.39. The monoisotopic (exact) mass is 239 g/mol. The van der Waals surface area contributed by atoms with Crippen LogP contribution in [0.2, 0.25) is 0 Å². The van der Waals surface area contributed by atoms with Crippen molar-refractivity contribution in [3.8, 4) is 0 Å². The number of hydrogen-bond acceptors (Lipinski definition) is 3. The van der Waals surface area contributed by atoms with Gasteiger partial charge in [-0.15, -0.1) is 0 Å². The first-order valence-electron chi connectivity index (χ1n) is 5.39. The summed E-state index contributed by atoms with van der Waals surface area (Å²) in [6.45, 7) is 0.869. The lowest BCUT2D eigenvalue weighted by atomic mass is 9.92. The first-order chi connectivity index (χ1) is 7.68. The van der Waals surface area contributed by atoms with Gasteiger partial charge in [0.05, 0.1) is 12.6 Å². The molecule has 1 aromatic rings. The normalized spacial score (nSPS) is 32.8. The third-order valence-corrected chi connectivity index (χ3v) is 4.86. The van der Waals surface area contributed by atoms with Gasteiger partial charge < -0.3 is 0 Å². The van der Waals surface area contributed by atoms with Crippen molar-refractivity contribution in [1.82, 2.24) is 4.31 Å². The molecule has 0 amide bonds. The summed E-state index contributed by atoms with van der Waals surface area (Å²) >= 11 is 0. The molecule has 16 heavy (non-hydrogen) atoms.